The Morgan fingerprint density at radius 2 is 2.19 bits per heavy atom. The number of rotatable bonds is 3. The number of hydrogen-bond acceptors (Lipinski definition) is 4. The normalized spacial score (nSPS) is 10.5. The van der Waals surface area contributed by atoms with Crippen LogP contribution in [-0.4, -0.2) is 21.0 Å². The van der Waals surface area contributed by atoms with Gasteiger partial charge in [0.2, 0.25) is 5.69 Å². The molecule has 1 rings (SSSR count). The Hall–Kier alpha value is -1.64. The summed E-state index contributed by atoms with van der Waals surface area (Å²) in [5, 5.41) is 19.1. The number of aromatic carboxylic acids is 1. The van der Waals surface area contributed by atoms with E-state index >= 15 is 0 Å². The van der Waals surface area contributed by atoms with Crippen molar-refractivity contribution in [3.8, 4) is 0 Å². The van der Waals surface area contributed by atoms with Gasteiger partial charge in [0, 0.05) is 6.07 Å². The maximum absolute atomic E-state index is 12.3. The zero-order valence-electron chi connectivity index (χ0n) is 7.35. The van der Waals surface area contributed by atoms with Gasteiger partial charge in [0.25, 0.3) is 0 Å². The maximum atomic E-state index is 12.3. The summed E-state index contributed by atoms with van der Waals surface area (Å²) in [5.41, 5.74) is -1.58. The molecule has 0 aliphatic carbocycles. The first-order chi connectivity index (χ1) is 7.34. The van der Waals surface area contributed by atoms with Crippen molar-refractivity contribution >= 4 is 27.7 Å². The lowest BCUT2D eigenvalue weighted by atomic mass is 10.2. The molecule has 0 radical (unpaired) electrons. The van der Waals surface area contributed by atoms with Crippen molar-refractivity contribution in [3.05, 3.63) is 31.9 Å². The second kappa shape index (κ2) is 4.47. The molecule has 0 bridgehead atoms. The highest BCUT2D eigenvalue weighted by molar-refractivity contribution is 9.10. The van der Waals surface area contributed by atoms with E-state index in [0.29, 0.717) is 6.07 Å². The van der Waals surface area contributed by atoms with E-state index in [0.717, 1.165) is 0 Å². The average molecular weight is 297 g/mol. The predicted octanol–water partition coefficient (Wildman–Crippen LogP) is 2.39. The first-order valence-corrected chi connectivity index (χ1v) is 4.50. The minimum absolute atomic E-state index is 0.436. The molecule has 16 heavy (non-hydrogen) atoms. The van der Waals surface area contributed by atoms with Crippen molar-refractivity contribution in [2.75, 3.05) is 0 Å². The van der Waals surface area contributed by atoms with Crippen LogP contribution in [0.25, 0.3) is 0 Å². The fourth-order valence-electron chi connectivity index (χ4n) is 0.924. The van der Waals surface area contributed by atoms with E-state index in [-0.39, 0.29) is 0 Å². The first kappa shape index (κ1) is 12.4. The third-order valence-corrected chi connectivity index (χ3v) is 2.37. The molecule has 0 saturated carbocycles. The molecule has 1 aromatic rings. The van der Waals surface area contributed by atoms with Gasteiger partial charge in [0.15, 0.2) is 0 Å². The van der Waals surface area contributed by atoms with Crippen LogP contribution in [0.3, 0.4) is 0 Å². The molecule has 0 aliphatic heterocycles. The van der Waals surface area contributed by atoms with Crippen molar-refractivity contribution in [3.63, 3.8) is 0 Å². The molecule has 9 heteroatoms. The van der Waals surface area contributed by atoms with Crippen molar-refractivity contribution in [1.29, 1.82) is 0 Å². The zero-order valence-corrected chi connectivity index (χ0v) is 8.94. The second-order valence-electron chi connectivity index (χ2n) is 2.60. The highest BCUT2D eigenvalue weighted by atomic mass is 79.9. The fourth-order valence-corrected chi connectivity index (χ4v) is 1.44. The Morgan fingerprint density at radius 1 is 1.62 bits per heavy atom. The van der Waals surface area contributed by atoms with Gasteiger partial charge in [-0.2, -0.15) is 0 Å². The predicted molar refractivity (Wildman–Crippen MR) is 50.5 cm³/mol. The minimum Gasteiger partial charge on any atom is -0.478 e. The molecule has 0 spiro atoms. The summed E-state index contributed by atoms with van der Waals surface area (Å²) in [5.74, 6) is -2.51. The van der Waals surface area contributed by atoms with E-state index in [1.807, 2.05) is 0 Å². The monoisotopic (exact) mass is 296 g/mol. The van der Waals surface area contributed by atoms with Crippen LogP contribution in [0.15, 0.2) is 10.5 Å². The van der Waals surface area contributed by atoms with Gasteiger partial charge >= 0.3 is 18.2 Å². The van der Waals surface area contributed by atoms with Crippen molar-refractivity contribution in [2.45, 2.75) is 6.43 Å². The Morgan fingerprint density at radius 3 is 2.56 bits per heavy atom. The van der Waals surface area contributed by atoms with Crippen LogP contribution in [0.2, 0.25) is 0 Å². The minimum atomic E-state index is -3.08. The van der Waals surface area contributed by atoms with Crippen molar-refractivity contribution in [2.24, 2.45) is 0 Å². The summed E-state index contributed by atoms with van der Waals surface area (Å²) in [7, 11) is 0. The van der Waals surface area contributed by atoms with Crippen LogP contribution in [0.1, 0.15) is 22.5 Å². The Balaban J connectivity index is 3.51. The number of carboxylic acid groups (broad SMARTS) is 1. The molecule has 0 aliphatic rings. The number of nitrogens with zero attached hydrogens (tertiary/aromatic N) is 2. The van der Waals surface area contributed by atoms with Gasteiger partial charge in [0.05, 0.1) is 5.56 Å². The van der Waals surface area contributed by atoms with Crippen LogP contribution < -0.4 is 0 Å². The van der Waals surface area contributed by atoms with Gasteiger partial charge in [-0.25, -0.2) is 13.6 Å². The third kappa shape index (κ3) is 2.30. The Bertz CT molecular complexity index is 431. The standard InChI is InChI=1S/C7H3BrF2N2O4/c8-4-2(7(13)14)1-3(5(9)10)11-6(4)12(15)16/h1,5H,(H,13,14). The van der Waals surface area contributed by atoms with Crippen LogP contribution in [0.4, 0.5) is 14.6 Å². The topological polar surface area (TPSA) is 93.3 Å². The largest absolute Gasteiger partial charge is 0.478 e. The van der Waals surface area contributed by atoms with Gasteiger partial charge in [-0.3, -0.25) is 0 Å². The smallest absolute Gasteiger partial charge is 0.379 e. The van der Waals surface area contributed by atoms with Crippen LogP contribution in [-0.2, 0) is 0 Å². The summed E-state index contributed by atoms with van der Waals surface area (Å²) in [6.45, 7) is 0. The van der Waals surface area contributed by atoms with Crippen LogP contribution in [0, 0.1) is 10.1 Å². The molecule has 0 saturated heterocycles. The van der Waals surface area contributed by atoms with E-state index in [1.165, 1.54) is 0 Å². The van der Waals surface area contributed by atoms with Crippen LogP contribution >= 0.6 is 15.9 Å². The molecular weight excluding hydrogens is 294 g/mol. The lowest BCUT2D eigenvalue weighted by Crippen LogP contribution is -2.06. The average Bonchev–Trinajstić information content (AvgIpc) is 2.16. The number of halogens is 3. The molecule has 6 nitrogen and oxygen atoms in total. The number of alkyl halides is 2. The number of carbonyl (C=O) groups is 1. The molecule has 86 valence electrons. The molecule has 0 atom stereocenters. The van der Waals surface area contributed by atoms with Gasteiger partial charge in [-0.15, -0.1) is 0 Å². The number of carboxylic acids is 1. The van der Waals surface area contributed by atoms with E-state index in [4.69, 9.17) is 5.11 Å². The number of hydrogen-bond donors (Lipinski definition) is 1. The van der Waals surface area contributed by atoms with Gasteiger partial charge in [-0.1, -0.05) is 0 Å². The summed E-state index contributed by atoms with van der Waals surface area (Å²) < 4.78 is 24.1. The highest BCUT2D eigenvalue weighted by Gasteiger charge is 2.27. The van der Waals surface area contributed by atoms with E-state index in [9.17, 15) is 23.7 Å². The van der Waals surface area contributed by atoms with E-state index in [2.05, 4.69) is 20.9 Å². The highest BCUT2D eigenvalue weighted by Crippen LogP contribution is 2.30. The van der Waals surface area contributed by atoms with Crippen LogP contribution in [0.5, 0.6) is 0 Å². The van der Waals surface area contributed by atoms with Gasteiger partial charge in [-0.05, 0) is 25.8 Å². The van der Waals surface area contributed by atoms with Gasteiger partial charge in [0.1, 0.15) is 4.47 Å². The summed E-state index contributed by atoms with van der Waals surface area (Å²) in [4.78, 5) is 23.1. The Labute approximate surface area is 95.2 Å². The molecule has 0 amide bonds. The van der Waals surface area contributed by atoms with E-state index < -0.39 is 38.9 Å². The molecule has 0 unspecified atom stereocenters. The molecule has 1 N–H and O–H groups in total. The summed E-state index contributed by atoms with van der Waals surface area (Å²) in [6, 6.07) is 0.587. The number of aromatic nitrogens is 1. The lowest BCUT2D eigenvalue weighted by molar-refractivity contribution is -0.390. The molecule has 1 aromatic heterocycles. The summed E-state index contributed by atoms with van der Waals surface area (Å²) >= 11 is 2.64. The lowest BCUT2D eigenvalue weighted by Gasteiger charge is -2.02. The maximum Gasteiger partial charge on any atom is 0.379 e. The summed E-state index contributed by atoms with van der Waals surface area (Å²) in [6.07, 6.45) is -3.08. The second-order valence-corrected chi connectivity index (χ2v) is 3.39. The third-order valence-electron chi connectivity index (χ3n) is 1.59. The zero-order chi connectivity index (χ0) is 12.5. The quantitative estimate of drug-likeness (QED) is 0.683. The fraction of sp³-hybridized carbons (Fsp3) is 0.143. The molecule has 1 heterocycles. The number of nitro groups is 1. The first-order valence-electron chi connectivity index (χ1n) is 3.71. The van der Waals surface area contributed by atoms with Crippen molar-refractivity contribution in [1.82, 2.24) is 4.98 Å². The molecule has 0 fully saturated rings. The molecular formula is C7H3BrF2N2O4. The van der Waals surface area contributed by atoms with Gasteiger partial charge < -0.3 is 15.2 Å². The number of pyridine rings is 1. The Kier molecular flexibility index (Phi) is 3.48. The van der Waals surface area contributed by atoms with Crippen molar-refractivity contribution < 1.29 is 23.6 Å². The molecule has 0 aromatic carbocycles. The van der Waals surface area contributed by atoms with E-state index in [1.54, 1.807) is 0 Å². The SMILES string of the molecule is O=C(O)c1cc(C(F)F)nc([N+](=O)[O-])c1Br.